The molecule has 0 aliphatic rings. The summed E-state index contributed by atoms with van der Waals surface area (Å²) in [5.74, 6) is 0. The number of rotatable bonds is 3. The summed E-state index contributed by atoms with van der Waals surface area (Å²) >= 11 is 0. The molecular weight excluding hydrogens is 637 g/mol. The van der Waals surface area contributed by atoms with Gasteiger partial charge in [-0.1, -0.05) is 97.1 Å². The average molecular weight is 665 g/mol. The largest absolute Gasteiger partial charge is 0.456 e. The zero-order valence-electron chi connectivity index (χ0n) is 27.9. The van der Waals surface area contributed by atoms with Crippen LogP contribution in [0.5, 0.6) is 0 Å². The van der Waals surface area contributed by atoms with Crippen molar-refractivity contribution in [1.29, 1.82) is 0 Å². The van der Waals surface area contributed by atoms with Gasteiger partial charge < -0.3 is 18.0 Å². The van der Waals surface area contributed by atoms with E-state index in [0.29, 0.717) is 0 Å². The molecule has 0 spiro atoms. The second kappa shape index (κ2) is 10.3. The predicted molar refractivity (Wildman–Crippen MR) is 215 cm³/mol. The summed E-state index contributed by atoms with van der Waals surface area (Å²) in [6.45, 7) is 0. The topological polar surface area (TPSA) is 36.1 Å². The molecule has 4 aromatic heterocycles. The lowest BCUT2D eigenvalue weighted by Crippen LogP contribution is -1.96. The van der Waals surface area contributed by atoms with Crippen molar-refractivity contribution >= 4 is 87.5 Å². The fraction of sp³-hybridized carbons (Fsp3) is 0. The third-order valence-corrected chi connectivity index (χ3v) is 10.9. The van der Waals surface area contributed by atoms with Crippen LogP contribution in [0.3, 0.4) is 0 Å². The standard InChI is InChI=1S/C48H28N2O2/c1-5-16-39-33(12-1)35-24-26-43-45(37-14-3-7-18-41(37)51-43)47(35)49(39)31-22-20-29(21-23-31)30-10-9-11-32(28-30)50-40-17-6-2-13-34(40)36-25-27-44-46(48(36)50)38-15-4-8-19-42(38)52-44/h1-28H. The zero-order valence-corrected chi connectivity index (χ0v) is 27.9. The van der Waals surface area contributed by atoms with Crippen LogP contribution >= 0.6 is 0 Å². The fourth-order valence-electron chi connectivity index (χ4n) is 8.69. The predicted octanol–water partition coefficient (Wildman–Crippen LogP) is 13.3. The Hall–Kier alpha value is -7.04. The number of nitrogens with zero attached hydrogens (tertiary/aromatic N) is 2. The normalized spacial score (nSPS) is 12.2. The highest BCUT2D eigenvalue weighted by Crippen LogP contribution is 2.43. The summed E-state index contributed by atoms with van der Waals surface area (Å²) in [4.78, 5) is 0. The molecule has 0 aliphatic heterocycles. The Morgan fingerprint density at radius 3 is 1.38 bits per heavy atom. The molecule has 4 heterocycles. The minimum Gasteiger partial charge on any atom is -0.456 e. The van der Waals surface area contributed by atoms with E-state index in [1.165, 1.54) is 43.6 Å². The molecular formula is C48H28N2O2. The summed E-state index contributed by atoms with van der Waals surface area (Å²) in [5.41, 5.74) is 12.8. The van der Waals surface area contributed by atoms with Gasteiger partial charge in [0, 0.05) is 43.7 Å². The zero-order chi connectivity index (χ0) is 33.9. The maximum atomic E-state index is 6.36. The van der Waals surface area contributed by atoms with Crippen molar-refractivity contribution < 1.29 is 8.83 Å². The van der Waals surface area contributed by atoms with Gasteiger partial charge in [-0.15, -0.1) is 0 Å². The Bertz CT molecular complexity index is 3410. The molecule has 12 rings (SSSR count). The van der Waals surface area contributed by atoms with Crippen LogP contribution in [0.15, 0.2) is 179 Å². The summed E-state index contributed by atoms with van der Waals surface area (Å²) in [6, 6.07) is 60.6. The quantitative estimate of drug-likeness (QED) is 0.188. The van der Waals surface area contributed by atoms with Gasteiger partial charge in [0.15, 0.2) is 0 Å². The Labute approximate surface area is 296 Å². The number of hydrogen-bond acceptors (Lipinski definition) is 2. The maximum absolute atomic E-state index is 6.36. The monoisotopic (exact) mass is 664 g/mol. The van der Waals surface area contributed by atoms with E-state index in [-0.39, 0.29) is 0 Å². The molecule has 4 heteroatoms. The molecule has 52 heavy (non-hydrogen) atoms. The first-order valence-corrected chi connectivity index (χ1v) is 17.7. The number of para-hydroxylation sites is 4. The van der Waals surface area contributed by atoms with Crippen LogP contribution in [0, 0.1) is 0 Å². The fourth-order valence-corrected chi connectivity index (χ4v) is 8.69. The maximum Gasteiger partial charge on any atom is 0.137 e. The van der Waals surface area contributed by atoms with Crippen LogP contribution in [0.25, 0.3) is 110 Å². The number of fused-ring (bicyclic) bond motifs is 14. The average Bonchev–Trinajstić information content (AvgIpc) is 3.95. The van der Waals surface area contributed by atoms with E-state index in [4.69, 9.17) is 8.83 Å². The van der Waals surface area contributed by atoms with E-state index in [2.05, 4.69) is 167 Å². The SMILES string of the molecule is c1cc(-c2ccc(-n3c4ccccc4c4ccc5oc6ccccc6c5c43)cc2)cc(-n2c3ccccc3c3ccc4oc5ccccc5c4c32)c1. The lowest BCUT2D eigenvalue weighted by Gasteiger charge is -2.12. The second-order valence-electron chi connectivity index (χ2n) is 13.7. The molecule has 0 unspecified atom stereocenters. The third kappa shape index (κ3) is 3.70. The van der Waals surface area contributed by atoms with Gasteiger partial charge in [0.1, 0.15) is 22.3 Å². The molecule has 0 amide bonds. The Morgan fingerprint density at radius 2 is 0.808 bits per heavy atom. The number of benzene rings is 8. The van der Waals surface area contributed by atoms with Crippen LogP contribution in [-0.4, -0.2) is 9.13 Å². The summed E-state index contributed by atoms with van der Waals surface area (Å²) in [5, 5.41) is 9.44. The minimum absolute atomic E-state index is 0.898. The van der Waals surface area contributed by atoms with E-state index in [0.717, 1.165) is 66.4 Å². The molecule has 0 saturated carbocycles. The Balaban J connectivity index is 1.05. The molecule has 0 N–H and O–H groups in total. The van der Waals surface area contributed by atoms with Gasteiger partial charge >= 0.3 is 0 Å². The van der Waals surface area contributed by atoms with Crippen molar-refractivity contribution in [3.63, 3.8) is 0 Å². The molecule has 0 saturated heterocycles. The summed E-state index contributed by atoms with van der Waals surface area (Å²) in [7, 11) is 0. The highest BCUT2D eigenvalue weighted by atomic mass is 16.3. The van der Waals surface area contributed by atoms with Crippen molar-refractivity contribution in [3.05, 3.63) is 170 Å². The lowest BCUT2D eigenvalue weighted by atomic mass is 10.0. The smallest absolute Gasteiger partial charge is 0.137 e. The van der Waals surface area contributed by atoms with Crippen LogP contribution in [-0.2, 0) is 0 Å². The summed E-state index contributed by atoms with van der Waals surface area (Å²) < 4.78 is 17.5. The van der Waals surface area contributed by atoms with Gasteiger partial charge in [-0.05, 0) is 83.9 Å². The molecule has 0 bridgehead atoms. The van der Waals surface area contributed by atoms with Crippen molar-refractivity contribution in [2.24, 2.45) is 0 Å². The van der Waals surface area contributed by atoms with Gasteiger partial charge in [0.25, 0.3) is 0 Å². The van der Waals surface area contributed by atoms with Crippen LogP contribution in [0.2, 0.25) is 0 Å². The van der Waals surface area contributed by atoms with Gasteiger partial charge in [-0.2, -0.15) is 0 Å². The van der Waals surface area contributed by atoms with Crippen LogP contribution < -0.4 is 0 Å². The first kappa shape index (κ1) is 27.7. The molecule has 242 valence electrons. The van der Waals surface area contributed by atoms with Crippen molar-refractivity contribution in [3.8, 4) is 22.5 Å². The van der Waals surface area contributed by atoms with E-state index in [1.54, 1.807) is 0 Å². The van der Waals surface area contributed by atoms with E-state index < -0.39 is 0 Å². The van der Waals surface area contributed by atoms with E-state index in [1.807, 2.05) is 12.1 Å². The summed E-state index contributed by atoms with van der Waals surface area (Å²) in [6.07, 6.45) is 0. The number of hydrogen-bond donors (Lipinski definition) is 0. The molecule has 0 fully saturated rings. The van der Waals surface area contributed by atoms with Crippen LogP contribution in [0.1, 0.15) is 0 Å². The van der Waals surface area contributed by atoms with Gasteiger partial charge in [-0.3, -0.25) is 0 Å². The van der Waals surface area contributed by atoms with Gasteiger partial charge in [0.05, 0.1) is 32.8 Å². The molecule has 8 aromatic carbocycles. The molecule has 4 nitrogen and oxygen atoms in total. The molecule has 0 aliphatic carbocycles. The highest BCUT2D eigenvalue weighted by Gasteiger charge is 2.21. The second-order valence-corrected chi connectivity index (χ2v) is 13.7. The third-order valence-electron chi connectivity index (χ3n) is 10.9. The van der Waals surface area contributed by atoms with E-state index in [9.17, 15) is 0 Å². The first-order valence-electron chi connectivity index (χ1n) is 17.7. The van der Waals surface area contributed by atoms with E-state index >= 15 is 0 Å². The van der Waals surface area contributed by atoms with Crippen molar-refractivity contribution in [1.82, 2.24) is 9.13 Å². The highest BCUT2D eigenvalue weighted by molar-refractivity contribution is 6.25. The number of aromatic nitrogens is 2. The Morgan fingerprint density at radius 1 is 0.308 bits per heavy atom. The first-order chi connectivity index (χ1) is 25.8. The van der Waals surface area contributed by atoms with Gasteiger partial charge in [-0.25, -0.2) is 0 Å². The van der Waals surface area contributed by atoms with Crippen molar-refractivity contribution in [2.45, 2.75) is 0 Å². The lowest BCUT2D eigenvalue weighted by molar-refractivity contribution is 0.669. The van der Waals surface area contributed by atoms with Crippen LogP contribution in [0.4, 0.5) is 0 Å². The molecule has 12 aromatic rings. The number of furan rings is 2. The molecule has 0 radical (unpaired) electrons. The minimum atomic E-state index is 0.898. The molecule has 0 atom stereocenters. The van der Waals surface area contributed by atoms with Gasteiger partial charge in [0.2, 0.25) is 0 Å². The van der Waals surface area contributed by atoms with Crippen molar-refractivity contribution in [2.75, 3.05) is 0 Å². The Kier molecular flexibility index (Phi) is 5.47.